The lowest BCUT2D eigenvalue weighted by molar-refractivity contribution is -0.137. The van der Waals surface area contributed by atoms with Crippen LogP contribution in [0.1, 0.15) is 17.1 Å². The number of hydrogen-bond acceptors (Lipinski definition) is 8. The SMILES string of the molecule is OCCN1CCN(c2nc(CN=Cc3cc(Nc4cccc(C(F)(F)F)c4)ccn3)ncc2F)CC1. The normalized spacial score (nSPS) is 15.0. The molecule has 36 heavy (non-hydrogen) atoms. The third-order valence-electron chi connectivity index (χ3n) is 5.58. The first-order valence-electron chi connectivity index (χ1n) is 11.3. The number of hydrogen-bond donors (Lipinski definition) is 2. The Labute approximate surface area is 205 Å². The Morgan fingerprint density at radius 3 is 2.58 bits per heavy atom. The molecule has 0 bridgehead atoms. The van der Waals surface area contributed by atoms with Gasteiger partial charge < -0.3 is 15.3 Å². The zero-order valence-electron chi connectivity index (χ0n) is 19.3. The molecule has 3 heterocycles. The van der Waals surface area contributed by atoms with Crippen LogP contribution in [0.3, 0.4) is 0 Å². The molecule has 0 radical (unpaired) electrons. The Hall–Kier alpha value is -3.64. The van der Waals surface area contributed by atoms with Crippen molar-refractivity contribution in [2.24, 2.45) is 4.99 Å². The van der Waals surface area contributed by atoms with Crippen molar-refractivity contribution in [1.82, 2.24) is 19.9 Å². The molecule has 1 aliphatic rings. The summed E-state index contributed by atoms with van der Waals surface area (Å²) in [6, 6.07) is 8.19. The van der Waals surface area contributed by atoms with Crippen LogP contribution >= 0.6 is 0 Å². The van der Waals surface area contributed by atoms with Gasteiger partial charge in [0.05, 0.1) is 30.6 Å². The molecule has 0 saturated carbocycles. The summed E-state index contributed by atoms with van der Waals surface area (Å²) < 4.78 is 53.2. The number of rotatable bonds is 8. The average molecular weight is 504 g/mol. The molecule has 1 aromatic carbocycles. The van der Waals surface area contributed by atoms with Gasteiger partial charge in [-0.2, -0.15) is 13.2 Å². The van der Waals surface area contributed by atoms with Crippen LogP contribution < -0.4 is 10.2 Å². The highest BCUT2D eigenvalue weighted by atomic mass is 19.4. The van der Waals surface area contributed by atoms with Crippen molar-refractivity contribution in [3.8, 4) is 0 Å². The van der Waals surface area contributed by atoms with E-state index in [-0.39, 0.29) is 19.0 Å². The molecule has 1 saturated heterocycles. The Balaban J connectivity index is 1.39. The number of benzene rings is 1. The molecule has 1 fully saturated rings. The first kappa shape index (κ1) is 25.5. The third kappa shape index (κ3) is 6.73. The fraction of sp³-hybridized carbons (Fsp3) is 0.333. The topological polar surface area (TPSA) is 89.8 Å². The number of aromatic nitrogens is 3. The highest BCUT2D eigenvalue weighted by Gasteiger charge is 2.30. The molecule has 1 aliphatic heterocycles. The second-order valence-corrected chi connectivity index (χ2v) is 8.15. The van der Waals surface area contributed by atoms with Crippen molar-refractivity contribution >= 4 is 23.4 Å². The van der Waals surface area contributed by atoms with Gasteiger partial charge in [-0.1, -0.05) is 6.07 Å². The lowest BCUT2D eigenvalue weighted by Gasteiger charge is -2.35. The molecule has 0 aliphatic carbocycles. The van der Waals surface area contributed by atoms with Crippen LogP contribution in [0.4, 0.5) is 34.8 Å². The van der Waals surface area contributed by atoms with E-state index in [4.69, 9.17) is 5.11 Å². The maximum absolute atomic E-state index is 14.4. The van der Waals surface area contributed by atoms with Crippen molar-refractivity contribution < 1.29 is 22.7 Å². The van der Waals surface area contributed by atoms with Crippen molar-refractivity contribution in [3.63, 3.8) is 0 Å². The largest absolute Gasteiger partial charge is 0.416 e. The number of aliphatic imine (C=N–C) groups is 1. The van der Waals surface area contributed by atoms with Gasteiger partial charge in [0.15, 0.2) is 17.5 Å². The van der Waals surface area contributed by atoms with E-state index >= 15 is 0 Å². The quantitative estimate of drug-likeness (QED) is 0.359. The van der Waals surface area contributed by atoms with E-state index in [1.165, 1.54) is 18.5 Å². The van der Waals surface area contributed by atoms with Crippen molar-refractivity contribution in [1.29, 1.82) is 0 Å². The molecule has 4 rings (SSSR count). The predicted octanol–water partition coefficient (Wildman–Crippen LogP) is 3.51. The number of halogens is 4. The van der Waals surface area contributed by atoms with E-state index in [0.717, 1.165) is 18.3 Å². The summed E-state index contributed by atoms with van der Waals surface area (Å²) >= 11 is 0. The monoisotopic (exact) mass is 503 g/mol. The summed E-state index contributed by atoms with van der Waals surface area (Å²) in [6.07, 6.45) is -0.285. The average Bonchev–Trinajstić information content (AvgIpc) is 2.86. The Morgan fingerprint density at radius 2 is 1.83 bits per heavy atom. The van der Waals surface area contributed by atoms with Gasteiger partial charge in [-0.3, -0.25) is 14.9 Å². The molecule has 0 atom stereocenters. The molecule has 0 amide bonds. The van der Waals surface area contributed by atoms with Crippen LogP contribution in [0.25, 0.3) is 0 Å². The van der Waals surface area contributed by atoms with Gasteiger partial charge in [-0.25, -0.2) is 14.4 Å². The zero-order chi connectivity index (χ0) is 25.5. The van der Waals surface area contributed by atoms with Gasteiger partial charge in [-0.15, -0.1) is 0 Å². The zero-order valence-corrected chi connectivity index (χ0v) is 19.3. The molecule has 190 valence electrons. The van der Waals surface area contributed by atoms with Crippen LogP contribution in [0.2, 0.25) is 0 Å². The van der Waals surface area contributed by atoms with Gasteiger partial charge in [0, 0.05) is 56.5 Å². The van der Waals surface area contributed by atoms with Gasteiger partial charge in [0.2, 0.25) is 0 Å². The number of nitrogens with zero attached hydrogens (tertiary/aromatic N) is 6. The summed E-state index contributed by atoms with van der Waals surface area (Å²) in [5, 5.41) is 12.0. The minimum Gasteiger partial charge on any atom is -0.395 e. The number of piperazine rings is 1. The van der Waals surface area contributed by atoms with Gasteiger partial charge in [-0.05, 0) is 30.3 Å². The Morgan fingerprint density at radius 1 is 1.06 bits per heavy atom. The first-order chi connectivity index (χ1) is 17.3. The van der Waals surface area contributed by atoms with Gasteiger partial charge in [0.25, 0.3) is 0 Å². The molecular weight excluding hydrogens is 478 g/mol. The number of anilines is 3. The summed E-state index contributed by atoms with van der Waals surface area (Å²) in [6.45, 7) is 3.36. The molecule has 0 unspecified atom stereocenters. The van der Waals surface area contributed by atoms with Crippen LogP contribution in [0.5, 0.6) is 0 Å². The highest BCUT2D eigenvalue weighted by Crippen LogP contribution is 2.31. The van der Waals surface area contributed by atoms with Gasteiger partial charge in [0.1, 0.15) is 0 Å². The van der Waals surface area contributed by atoms with E-state index in [0.29, 0.717) is 55.6 Å². The van der Waals surface area contributed by atoms with E-state index in [1.807, 2.05) is 4.90 Å². The highest BCUT2D eigenvalue weighted by molar-refractivity contribution is 5.79. The Kier molecular flexibility index (Phi) is 8.06. The van der Waals surface area contributed by atoms with Gasteiger partial charge >= 0.3 is 6.18 Å². The van der Waals surface area contributed by atoms with Crippen LogP contribution in [-0.4, -0.2) is 70.5 Å². The fourth-order valence-electron chi connectivity index (χ4n) is 3.77. The maximum Gasteiger partial charge on any atom is 0.416 e. The lowest BCUT2D eigenvalue weighted by Crippen LogP contribution is -2.47. The van der Waals surface area contributed by atoms with Crippen LogP contribution in [-0.2, 0) is 12.7 Å². The number of nitrogens with one attached hydrogen (secondary N) is 1. The fourth-order valence-corrected chi connectivity index (χ4v) is 3.77. The minimum absolute atomic E-state index is 0.0864. The lowest BCUT2D eigenvalue weighted by atomic mass is 10.2. The smallest absolute Gasteiger partial charge is 0.395 e. The molecule has 2 aromatic heterocycles. The van der Waals surface area contributed by atoms with E-state index in [9.17, 15) is 17.6 Å². The molecular formula is C24H25F4N7O. The van der Waals surface area contributed by atoms with Crippen molar-refractivity contribution in [3.05, 3.63) is 71.7 Å². The molecule has 8 nitrogen and oxygen atoms in total. The second-order valence-electron chi connectivity index (χ2n) is 8.15. The third-order valence-corrected chi connectivity index (χ3v) is 5.58. The van der Waals surface area contributed by atoms with Crippen LogP contribution in [0, 0.1) is 5.82 Å². The molecule has 3 aromatic rings. The van der Waals surface area contributed by atoms with Crippen LogP contribution in [0.15, 0.2) is 53.8 Å². The van der Waals surface area contributed by atoms with E-state index < -0.39 is 17.6 Å². The number of β-amino-alcohol motifs (C(OH)–C–C–N with tert-alkyl or cyclic N) is 1. The summed E-state index contributed by atoms with van der Waals surface area (Å²) in [5.41, 5.74) is 0.582. The number of pyridine rings is 1. The van der Waals surface area contributed by atoms with Crippen molar-refractivity contribution in [2.45, 2.75) is 12.7 Å². The van der Waals surface area contributed by atoms with Crippen molar-refractivity contribution in [2.75, 3.05) is 49.5 Å². The number of alkyl halides is 3. The minimum atomic E-state index is -4.43. The number of aliphatic hydroxyl groups excluding tert-OH is 1. The second kappa shape index (κ2) is 11.4. The summed E-state index contributed by atoms with van der Waals surface area (Å²) in [4.78, 5) is 20.8. The summed E-state index contributed by atoms with van der Waals surface area (Å²) in [5.74, 6) is 0.0660. The van der Waals surface area contributed by atoms with E-state index in [2.05, 4.69) is 30.2 Å². The Bertz CT molecular complexity index is 1200. The standard InChI is InChI=1S/C24H25F4N7O/c25-21-15-31-22(33-23(21)35-8-6-34(7-9-35)10-11-36)16-29-14-20-13-19(4-5-30-20)32-18-3-1-2-17(12-18)24(26,27)28/h1-5,12-15,36H,6-11,16H2,(H,30,32). The molecule has 12 heteroatoms. The maximum atomic E-state index is 14.4. The molecule has 2 N–H and O–H groups in total. The molecule has 0 spiro atoms. The predicted molar refractivity (Wildman–Crippen MR) is 128 cm³/mol. The summed E-state index contributed by atoms with van der Waals surface area (Å²) in [7, 11) is 0. The number of aliphatic hydroxyl groups is 1. The van der Waals surface area contributed by atoms with E-state index in [1.54, 1.807) is 18.2 Å². The first-order valence-corrected chi connectivity index (χ1v) is 11.3.